The molecule has 3 unspecified atom stereocenters. The molecule has 204 valence electrons. The van der Waals surface area contributed by atoms with E-state index in [1.54, 1.807) is 12.5 Å². The molecular weight excluding hydrogens is 520 g/mol. The van der Waals surface area contributed by atoms with Crippen LogP contribution in [0.5, 0.6) is 0 Å². The maximum absolute atomic E-state index is 11.4. The summed E-state index contributed by atoms with van der Waals surface area (Å²) in [5.41, 5.74) is 0. The Morgan fingerprint density at radius 3 is 1.37 bits per heavy atom. The van der Waals surface area contributed by atoms with Gasteiger partial charge in [0.05, 0.1) is 19.8 Å². The van der Waals surface area contributed by atoms with Crippen LogP contribution in [0.4, 0.5) is 0 Å². The first-order valence-electron chi connectivity index (χ1n) is 10.5. The van der Waals surface area contributed by atoms with Gasteiger partial charge in [-0.3, -0.25) is 12.6 Å². The van der Waals surface area contributed by atoms with Crippen molar-refractivity contribution in [3.63, 3.8) is 0 Å². The summed E-state index contributed by atoms with van der Waals surface area (Å²) in [6.45, 7) is 10.2. The molecule has 0 saturated heterocycles. The van der Waals surface area contributed by atoms with E-state index in [4.69, 9.17) is 9.84 Å². The fourth-order valence-corrected chi connectivity index (χ4v) is 4.04. The highest BCUT2D eigenvalue weighted by molar-refractivity contribution is 7.85. The van der Waals surface area contributed by atoms with Crippen molar-refractivity contribution in [3.8, 4) is 0 Å². The Morgan fingerprint density at radius 1 is 0.657 bits per heavy atom. The van der Waals surface area contributed by atoms with Gasteiger partial charge in [0.2, 0.25) is 0 Å². The van der Waals surface area contributed by atoms with Crippen molar-refractivity contribution in [1.29, 1.82) is 0 Å². The maximum Gasteiger partial charge on any atom is 0.330 e. The van der Waals surface area contributed by atoms with Crippen LogP contribution in [0.1, 0.15) is 19.3 Å². The summed E-state index contributed by atoms with van der Waals surface area (Å²) < 4.78 is 46.4. The second kappa shape index (κ2) is 28.3. The number of rotatable bonds is 17. The van der Waals surface area contributed by atoms with Crippen molar-refractivity contribution in [2.24, 2.45) is 0 Å². The number of hydrogen-bond donors (Lipinski definition) is 1. The normalized spacial score (nSPS) is 12.1. The van der Waals surface area contributed by atoms with Gasteiger partial charge in [0.15, 0.2) is 0 Å². The summed E-state index contributed by atoms with van der Waals surface area (Å²) in [6.07, 6.45) is 8.46. The van der Waals surface area contributed by atoms with Crippen molar-refractivity contribution in [2.45, 2.75) is 19.3 Å². The summed E-state index contributed by atoms with van der Waals surface area (Å²) >= 11 is 0. The quantitative estimate of drug-likeness (QED) is 0.118. The summed E-state index contributed by atoms with van der Waals surface area (Å²) in [4.78, 5) is 31.2. The van der Waals surface area contributed by atoms with Crippen LogP contribution in [0.3, 0.4) is 0 Å². The number of carbonyl (C=O) groups excluding carboxylic acids is 3. The van der Waals surface area contributed by atoms with Crippen molar-refractivity contribution < 1.29 is 46.3 Å². The van der Waals surface area contributed by atoms with E-state index >= 15 is 0 Å². The lowest BCUT2D eigenvalue weighted by Gasteiger charge is -2.02. The molecular formula is C22H38O10S3. The van der Waals surface area contributed by atoms with Gasteiger partial charge in [-0.25, -0.2) is 14.4 Å². The Morgan fingerprint density at radius 2 is 1.00 bits per heavy atom. The van der Waals surface area contributed by atoms with Crippen molar-refractivity contribution >= 4 is 50.3 Å². The number of aliphatic hydroxyl groups is 1. The Labute approximate surface area is 215 Å². The molecule has 0 bridgehead atoms. The van der Waals surface area contributed by atoms with E-state index in [0.717, 1.165) is 18.2 Å². The lowest BCUT2D eigenvalue weighted by atomic mass is 10.5. The van der Waals surface area contributed by atoms with Crippen LogP contribution in [0, 0.1) is 0 Å². The average Bonchev–Trinajstić information content (AvgIpc) is 2.82. The first-order valence-corrected chi connectivity index (χ1v) is 15.4. The first-order chi connectivity index (χ1) is 16.5. The zero-order chi connectivity index (χ0) is 27.5. The molecule has 0 aliphatic heterocycles. The number of ether oxygens (including phenoxy) is 3. The highest BCUT2D eigenvalue weighted by Crippen LogP contribution is 1.94. The molecule has 0 aromatic carbocycles. The van der Waals surface area contributed by atoms with Crippen molar-refractivity contribution in [1.82, 2.24) is 0 Å². The van der Waals surface area contributed by atoms with Gasteiger partial charge in [-0.05, 0) is 19.3 Å². The minimum Gasteiger partial charge on any atom is -0.463 e. The van der Waals surface area contributed by atoms with E-state index < -0.39 is 50.3 Å². The molecule has 0 saturated carbocycles. The van der Waals surface area contributed by atoms with Crippen LogP contribution < -0.4 is 0 Å². The summed E-state index contributed by atoms with van der Waals surface area (Å²) in [6, 6.07) is 0. The van der Waals surface area contributed by atoms with Crippen molar-refractivity contribution in [3.05, 3.63) is 38.0 Å². The molecule has 0 fully saturated rings. The molecule has 0 aliphatic rings. The van der Waals surface area contributed by atoms with E-state index in [-0.39, 0.29) is 19.8 Å². The van der Waals surface area contributed by atoms with Crippen molar-refractivity contribution in [2.75, 3.05) is 62.0 Å². The molecule has 35 heavy (non-hydrogen) atoms. The van der Waals surface area contributed by atoms with Crippen LogP contribution in [0.15, 0.2) is 38.0 Å². The minimum absolute atomic E-state index is 0.0465. The zero-order valence-electron chi connectivity index (χ0n) is 20.5. The van der Waals surface area contributed by atoms with Gasteiger partial charge < -0.3 is 19.3 Å². The largest absolute Gasteiger partial charge is 0.463 e. The molecule has 0 aliphatic carbocycles. The van der Waals surface area contributed by atoms with Crippen LogP contribution in [0.25, 0.3) is 0 Å². The monoisotopic (exact) mass is 558 g/mol. The smallest absolute Gasteiger partial charge is 0.330 e. The predicted octanol–water partition coefficient (Wildman–Crippen LogP) is 0.815. The third-order valence-corrected chi connectivity index (χ3v) is 6.44. The molecule has 0 spiro atoms. The standard InChI is InChI=1S/C10H18O4S2.C7H12O3S.C5H8O3/c1-3-10(11)14-6-4-8-16(13)9-5-7-15(2)12;1-3-7(8)10-5-4-6-11(2)9;1-2-5(7)8-4-3-6/h3H,1,4-9H2,2H3;3H,1,4-6H2,2H3;2,6H,1,3-4H2. The molecule has 1 N–H and O–H groups in total. The maximum atomic E-state index is 11.4. The molecule has 0 rings (SSSR count). The fourth-order valence-electron chi connectivity index (χ4n) is 1.68. The molecule has 0 amide bonds. The van der Waals surface area contributed by atoms with Gasteiger partial charge in [0, 0.05) is 86.1 Å². The SMILES string of the molecule is C=CC(=O)OCCCS(=O)CCCS(C)=O.C=CC(=O)OCCCS(C)=O.C=CC(=O)OCCO. The van der Waals surface area contributed by atoms with E-state index in [0.29, 0.717) is 48.9 Å². The van der Waals surface area contributed by atoms with Crippen LogP contribution in [0.2, 0.25) is 0 Å². The van der Waals surface area contributed by atoms with Gasteiger partial charge >= 0.3 is 17.9 Å². The van der Waals surface area contributed by atoms with E-state index in [1.165, 1.54) is 0 Å². The topological polar surface area (TPSA) is 150 Å². The highest BCUT2D eigenvalue weighted by atomic mass is 32.2. The first kappa shape index (κ1) is 37.6. The van der Waals surface area contributed by atoms with E-state index in [9.17, 15) is 27.0 Å². The zero-order valence-corrected chi connectivity index (χ0v) is 22.9. The molecule has 10 nitrogen and oxygen atoms in total. The summed E-state index contributed by atoms with van der Waals surface area (Å²) in [5.74, 6) is 0.871. The molecule has 13 heteroatoms. The predicted molar refractivity (Wildman–Crippen MR) is 140 cm³/mol. The Balaban J connectivity index is -0.000000469. The molecule has 0 aromatic heterocycles. The third-order valence-electron chi connectivity index (χ3n) is 3.22. The van der Waals surface area contributed by atoms with Crippen LogP contribution in [-0.4, -0.2) is 97.6 Å². The van der Waals surface area contributed by atoms with Gasteiger partial charge in [-0.2, -0.15) is 0 Å². The molecule has 0 aromatic rings. The van der Waals surface area contributed by atoms with Crippen LogP contribution >= 0.6 is 0 Å². The Kier molecular flexibility index (Phi) is 30.4. The van der Waals surface area contributed by atoms with Gasteiger partial charge in [0.25, 0.3) is 0 Å². The van der Waals surface area contributed by atoms with E-state index in [2.05, 4.69) is 29.2 Å². The summed E-state index contributed by atoms with van der Waals surface area (Å²) in [7, 11) is -2.52. The molecule has 0 heterocycles. The summed E-state index contributed by atoms with van der Waals surface area (Å²) in [5, 5.41) is 8.10. The van der Waals surface area contributed by atoms with Gasteiger partial charge in [-0.1, -0.05) is 19.7 Å². The van der Waals surface area contributed by atoms with Gasteiger partial charge in [0.1, 0.15) is 6.61 Å². The van der Waals surface area contributed by atoms with Crippen LogP contribution in [-0.2, 0) is 61.0 Å². The lowest BCUT2D eigenvalue weighted by molar-refractivity contribution is -0.139. The number of aliphatic hydroxyl groups excluding tert-OH is 1. The second-order valence-corrected chi connectivity index (χ2v) is 11.1. The second-order valence-electron chi connectivity index (χ2n) is 6.30. The number of esters is 3. The number of carbonyl (C=O) groups is 3. The highest BCUT2D eigenvalue weighted by Gasteiger charge is 2.02. The third kappa shape index (κ3) is 36.8. The molecule has 3 atom stereocenters. The minimum atomic E-state index is -0.905. The fraction of sp³-hybridized carbons (Fsp3) is 0.591. The van der Waals surface area contributed by atoms with E-state index in [1.807, 2.05) is 0 Å². The average molecular weight is 559 g/mol. The Hall–Kier alpha value is -1.96. The number of hydrogen-bond acceptors (Lipinski definition) is 10. The Bertz CT molecular complexity index is 708. The lowest BCUT2D eigenvalue weighted by Crippen LogP contribution is -2.09. The van der Waals surface area contributed by atoms with Gasteiger partial charge in [-0.15, -0.1) is 0 Å². The molecule has 0 radical (unpaired) electrons.